The number of Topliss-reactive ketones (excluding diaryl/α,β-unsaturated/α-hetero) is 1. The number of aliphatic hydroxyl groups is 1. The molecule has 0 saturated carbocycles. The van der Waals surface area contributed by atoms with Gasteiger partial charge < -0.3 is 10.0 Å². The molecule has 1 aliphatic heterocycles. The van der Waals surface area contributed by atoms with E-state index in [9.17, 15) is 14.3 Å². The van der Waals surface area contributed by atoms with Crippen LogP contribution >= 0.6 is 0 Å². The van der Waals surface area contributed by atoms with Gasteiger partial charge in [0.05, 0.1) is 5.60 Å². The lowest BCUT2D eigenvalue weighted by Gasteiger charge is -2.38. The van der Waals surface area contributed by atoms with E-state index in [0.717, 1.165) is 42.7 Å². The first kappa shape index (κ1) is 21.4. The average molecular weight is 418 g/mol. The predicted molar refractivity (Wildman–Crippen MR) is 121 cm³/mol. The molecule has 1 heterocycles. The van der Waals surface area contributed by atoms with Crippen LogP contribution in [0, 0.1) is 5.82 Å². The van der Waals surface area contributed by atoms with Gasteiger partial charge in [0.1, 0.15) is 5.82 Å². The molecule has 1 aliphatic rings. The van der Waals surface area contributed by atoms with Gasteiger partial charge in [-0.25, -0.2) is 4.39 Å². The van der Waals surface area contributed by atoms with Crippen LogP contribution in [0.15, 0.2) is 78.9 Å². The Morgan fingerprint density at radius 1 is 0.903 bits per heavy atom. The largest absolute Gasteiger partial charge is 0.385 e. The van der Waals surface area contributed by atoms with Crippen molar-refractivity contribution in [2.45, 2.75) is 31.3 Å². The van der Waals surface area contributed by atoms with Crippen LogP contribution in [0.5, 0.6) is 0 Å². The van der Waals surface area contributed by atoms with E-state index in [4.69, 9.17) is 0 Å². The van der Waals surface area contributed by atoms with E-state index in [2.05, 4.69) is 29.2 Å². The molecule has 0 amide bonds. The lowest BCUT2D eigenvalue weighted by molar-refractivity contribution is -0.0260. The Balaban J connectivity index is 1.30. The van der Waals surface area contributed by atoms with Crippen molar-refractivity contribution in [1.29, 1.82) is 0 Å². The first-order valence-electron chi connectivity index (χ1n) is 10.9. The zero-order valence-electron chi connectivity index (χ0n) is 17.6. The van der Waals surface area contributed by atoms with Crippen LogP contribution in [-0.2, 0) is 5.60 Å². The van der Waals surface area contributed by atoms with Crippen molar-refractivity contribution in [3.05, 3.63) is 95.8 Å². The third kappa shape index (κ3) is 5.27. The van der Waals surface area contributed by atoms with Gasteiger partial charge in [0.15, 0.2) is 5.78 Å². The summed E-state index contributed by atoms with van der Waals surface area (Å²) in [4.78, 5) is 14.6. The van der Waals surface area contributed by atoms with Gasteiger partial charge in [-0.05, 0) is 72.8 Å². The molecule has 0 unspecified atom stereocenters. The third-order valence-electron chi connectivity index (χ3n) is 6.23. The van der Waals surface area contributed by atoms with E-state index in [0.29, 0.717) is 24.8 Å². The lowest BCUT2D eigenvalue weighted by Crippen LogP contribution is -2.43. The number of likely N-dealkylation sites (tertiary alicyclic amines) is 1. The van der Waals surface area contributed by atoms with Gasteiger partial charge in [0, 0.05) is 25.1 Å². The van der Waals surface area contributed by atoms with E-state index in [1.54, 1.807) is 12.1 Å². The van der Waals surface area contributed by atoms with Crippen LogP contribution in [0.4, 0.5) is 4.39 Å². The summed E-state index contributed by atoms with van der Waals surface area (Å²) in [6.07, 6.45) is 2.57. The summed E-state index contributed by atoms with van der Waals surface area (Å²) in [6, 6.07) is 24.2. The molecule has 0 aliphatic carbocycles. The topological polar surface area (TPSA) is 40.5 Å². The molecule has 160 valence electrons. The Morgan fingerprint density at radius 2 is 1.58 bits per heavy atom. The predicted octanol–water partition coefficient (Wildman–Crippen LogP) is 5.44. The number of rotatable bonds is 7. The monoisotopic (exact) mass is 417 g/mol. The van der Waals surface area contributed by atoms with Crippen molar-refractivity contribution in [2.75, 3.05) is 19.6 Å². The number of piperidine rings is 1. The molecule has 4 rings (SSSR count). The summed E-state index contributed by atoms with van der Waals surface area (Å²) in [6.45, 7) is 2.43. The number of hydrogen-bond acceptors (Lipinski definition) is 3. The zero-order valence-corrected chi connectivity index (χ0v) is 17.6. The number of halogens is 1. The fraction of sp³-hybridized carbons (Fsp3) is 0.296. The summed E-state index contributed by atoms with van der Waals surface area (Å²) < 4.78 is 13.0. The Labute approximate surface area is 183 Å². The second-order valence-electron chi connectivity index (χ2n) is 8.35. The normalized spacial score (nSPS) is 16.2. The highest BCUT2D eigenvalue weighted by atomic mass is 19.1. The van der Waals surface area contributed by atoms with Crippen molar-refractivity contribution in [1.82, 2.24) is 4.90 Å². The maximum Gasteiger partial charge on any atom is 0.162 e. The number of carbonyl (C=O) groups is 1. The fourth-order valence-electron chi connectivity index (χ4n) is 4.30. The van der Waals surface area contributed by atoms with Gasteiger partial charge >= 0.3 is 0 Å². The summed E-state index contributed by atoms with van der Waals surface area (Å²) in [7, 11) is 0. The van der Waals surface area contributed by atoms with Crippen molar-refractivity contribution in [2.24, 2.45) is 0 Å². The fourth-order valence-corrected chi connectivity index (χ4v) is 4.30. The standard InChI is InChI=1S/C27H28FNO2/c28-25-13-11-22(12-14-25)26(30)10-5-17-29-18-15-27(31,16-19-29)24-9-4-8-23(20-24)21-6-2-1-3-7-21/h1-4,6-9,11-14,20,31H,5,10,15-19H2. The highest BCUT2D eigenvalue weighted by Crippen LogP contribution is 2.35. The van der Waals surface area contributed by atoms with Crippen LogP contribution in [0.25, 0.3) is 11.1 Å². The first-order chi connectivity index (χ1) is 15.0. The molecule has 31 heavy (non-hydrogen) atoms. The minimum Gasteiger partial charge on any atom is -0.385 e. The molecule has 0 aromatic heterocycles. The van der Waals surface area contributed by atoms with Gasteiger partial charge in [-0.15, -0.1) is 0 Å². The lowest BCUT2D eigenvalue weighted by atomic mass is 9.83. The second kappa shape index (κ2) is 9.54. The minimum atomic E-state index is -0.814. The Hall–Kier alpha value is -2.82. The number of ketones is 1. The number of hydrogen-bond donors (Lipinski definition) is 1. The highest BCUT2D eigenvalue weighted by molar-refractivity contribution is 5.95. The van der Waals surface area contributed by atoms with Gasteiger partial charge in [-0.2, -0.15) is 0 Å². The van der Waals surface area contributed by atoms with Crippen molar-refractivity contribution in [3.8, 4) is 11.1 Å². The molecule has 3 nitrogen and oxygen atoms in total. The molecule has 1 saturated heterocycles. The summed E-state index contributed by atoms with van der Waals surface area (Å²) in [5, 5.41) is 11.3. The first-order valence-corrected chi connectivity index (χ1v) is 10.9. The Bertz CT molecular complexity index is 1010. The number of carbonyl (C=O) groups excluding carboxylic acids is 1. The second-order valence-corrected chi connectivity index (χ2v) is 8.35. The van der Waals surface area contributed by atoms with Gasteiger partial charge in [0.2, 0.25) is 0 Å². The van der Waals surface area contributed by atoms with E-state index < -0.39 is 5.60 Å². The van der Waals surface area contributed by atoms with Crippen molar-refractivity contribution < 1.29 is 14.3 Å². The van der Waals surface area contributed by atoms with E-state index in [1.165, 1.54) is 12.1 Å². The molecule has 3 aromatic rings. The SMILES string of the molecule is O=C(CCCN1CCC(O)(c2cccc(-c3ccccc3)c2)CC1)c1ccc(F)cc1. The molecule has 0 spiro atoms. The van der Waals surface area contributed by atoms with Gasteiger partial charge in [0.25, 0.3) is 0 Å². The molecule has 1 N–H and O–H groups in total. The average Bonchev–Trinajstić information content (AvgIpc) is 2.81. The quantitative estimate of drug-likeness (QED) is 0.521. The summed E-state index contributed by atoms with van der Waals surface area (Å²) in [5.41, 5.74) is 2.99. The van der Waals surface area contributed by atoms with Gasteiger partial charge in [-0.3, -0.25) is 4.79 Å². The van der Waals surface area contributed by atoms with Crippen molar-refractivity contribution in [3.63, 3.8) is 0 Å². The number of benzene rings is 3. The van der Waals surface area contributed by atoms with Crippen LogP contribution in [0.1, 0.15) is 41.6 Å². The maximum atomic E-state index is 13.0. The molecule has 4 heteroatoms. The molecular formula is C27H28FNO2. The highest BCUT2D eigenvalue weighted by Gasteiger charge is 2.34. The van der Waals surface area contributed by atoms with Crippen LogP contribution in [0.2, 0.25) is 0 Å². The smallest absolute Gasteiger partial charge is 0.162 e. The Morgan fingerprint density at radius 3 is 2.29 bits per heavy atom. The molecule has 0 bridgehead atoms. The van der Waals surface area contributed by atoms with Crippen molar-refractivity contribution >= 4 is 5.78 Å². The molecular weight excluding hydrogens is 389 g/mol. The molecule has 1 fully saturated rings. The summed E-state index contributed by atoms with van der Waals surface area (Å²) in [5.74, 6) is -0.280. The maximum absolute atomic E-state index is 13.0. The van der Waals surface area contributed by atoms with E-state index in [1.807, 2.05) is 30.3 Å². The van der Waals surface area contributed by atoms with Crippen LogP contribution < -0.4 is 0 Å². The van der Waals surface area contributed by atoms with Gasteiger partial charge in [-0.1, -0.05) is 48.5 Å². The minimum absolute atomic E-state index is 0.0474. The van der Waals surface area contributed by atoms with Crippen LogP contribution in [-0.4, -0.2) is 35.4 Å². The molecule has 3 aromatic carbocycles. The van der Waals surface area contributed by atoms with E-state index >= 15 is 0 Å². The Kier molecular flexibility index (Phi) is 6.59. The third-order valence-corrected chi connectivity index (χ3v) is 6.23. The summed E-state index contributed by atoms with van der Waals surface area (Å²) >= 11 is 0. The number of nitrogens with zero attached hydrogens (tertiary/aromatic N) is 1. The molecule has 0 atom stereocenters. The van der Waals surface area contributed by atoms with E-state index in [-0.39, 0.29) is 11.6 Å². The van der Waals surface area contributed by atoms with Crippen LogP contribution in [0.3, 0.4) is 0 Å². The zero-order chi connectivity index (χ0) is 21.7. The molecule has 0 radical (unpaired) electrons.